The monoisotopic (exact) mass is 630 g/mol. The van der Waals surface area contributed by atoms with Crippen molar-refractivity contribution in [2.45, 2.75) is 0 Å². The highest BCUT2D eigenvalue weighted by Crippen LogP contribution is 2.28. The number of hydrogen-bond donors (Lipinski definition) is 2. The maximum absolute atomic E-state index is 14.0. The van der Waals surface area contributed by atoms with Gasteiger partial charge in [0.15, 0.2) is 0 Å². The standard InChI is InChI=1S/C36H18N6O6/c37-31-21-13-11-19(47-17-7-3-1-4-8-17)15-23(21)33-39-27-25(35(45)41(31)33)30(44)28-26(29(27)43)36(46)42-32(38)22-14-12-20(16-24(22)34(42)40-28)48-18-9-5-2-6-10-18/h1-16,37-38H. The highest BCUT2D eigenvalue weighted by molar-refractivity contribution is 6.02. The third-order valence-electron chi connectivity index (χ3n) is 8.43. The molecule has 9 rings (SSSR count). The molecular weight excluding hydrogens is 612 g/mol. The van der Waals surface area contributed by atoms with Crippen LogP contribution in [0.5, 0.6) is 23.0 Å². The van der Waals surface area contributed by atoms with Crippen molar-refractivity contribution >= 4 is 54.6 Å². The highest BCUT2D eigenvalue weighted by atomic mass is 16.5. The van der Waals surface area contributed by atoms with Gasteiger partial charge in [0.05, 0.1) is 0 Å². The Balaban J connectivity index is 1.33. The van der Waals surface area contributed by atoms with Gasteiger partial charge in [0.2, 0.25) is 10.9 Å². The molecule has 9 aromatic rings. The van der Waals surface area contributed by atoms with Gasteiger partial charge in [-0.3, -0.25) is 30.0 Å². The van der Waals surface area contributed by atoms with E-state index in [-0.39, 0.29) is 22.3 Å². The molecule has 5 aromatic carbocycles. The highest BCUT2D eigenvalue weighted by Gasteiger charge is 2.25. The van der Waals surface area contributed by atoms with Gasteiger partial charge in [0.1, 0.15) is 67.1 Å². The summed E-state index contributed by atoms with van der Waals surface area (Å²) < 4.78 is 13.8. The average Bonchev–Trinajstić information content (AvgIpc) is 3.54. The first-order chi connectivity index (χ1) is 23.3. The Kier molecular flexibility index (Phi) is 5.51. The van der Waals surface area contributed by atoms with E-state index in [0.717, 1.165) is 8.80 Å². The topological polar surface area (TPSA) is 169 Å². The molecule has 2 N–H and O–H groups in total. The normalized spacial score (nSPS) is 11.8. The predicted octanol–water partition coefficient (Wildman–Crippen LogP) is 3.89. The lowest BCUT2D eigenvalue weighted by molar-refractivity contribution is 0.483. The number of hydrogen-bond acceptors (Lipinski definition) is 10. The minimum atomic E-state index is -0.971. The lowest BCUT2D eigenvalue weighted by atomic mass is 10.1. The van der Waals surface area contributed by atoms with Crippen LogP contribution in [-0.2, 0) is 0 Å². The second-order valence-electron chi connectivity index (χ2n) is 11.2. The van der Waals surface area contributed by atoms with E-state index >= 15 is 0 Å². The van der Waals surface area contributed by atoms with Crippen LogP contribution >= 0.6 is 0 Å². The molecule has 0 unspecified atom stereocenters. The Morgan fingerprint density at radius 3 is 1.27 bits per heavy atom. The molecule has 12 heteroatoms. The third-order valence-corrected chi connectivity index (χ3v) is 8.43. The smallest absolute Gasteiger partial charge is 0.271 e. The first kappa shape index (κ1) is 27.2. The summed E-state index contributed by atoms with van der Waals surface area (Å²) >= 11 is 0. The number of benzene rings is 5. The van der Waals surface area contributed by atoms with E-state index in [0.29, 0.717) is 44.5 Å². The fourth-order valence-electron chi connectivity index (χ4n) is 6.24. The molecule has 4 heterocycles. The third kappa shape index (κ3) is 3.70. The Labute approximate surface area is 265 Å². The maximum Gasteiger partial charge on any atom is 0.271 e. The first-order valence-corrected chi connectivity index (χ1v) is 14.7. The van der Waals surface area contributed by atoms with Crippen molar-refractivity contribution in [2.75, 3.05) is 0 Å². The van der Waals surface area contributed by atoms with Crippen LogP contribution in [-0.4, -0.2) is 18.8 Å². The summed E-state index contributed by atoms with van der Waals surface area (Å²) in [5.74, 6) is 1.92. The first-order valence-electron chi connectivity index (χ1n) is 14.7. The van der Waals surface area contributed by atoms with E-state index < -0.39 is 43.8 Å². The van der Waals surface area contributed by atoms with E-state index in [1.165, 1.54) is 0 Å². The zero-order valence-electron chi connectivity index (χ0n) is 24.5. The average molecular weight is 631 g/mol. The molecule has 0 spiro atoms. The summed E-state index contributed by atoms with van der Waals surface area (Å²) in [5.41, 5.74) is -5.37. The molecule has 0 aliphatic rings. The SMILES string of the molecule is N=c1c2ccc(Oc3ccccc3)cc2c2nc3c(=O)c4c(=O)n5c(=N)c6ccc(Oc7ccccc7)cc6c5nc4c(=O)c3c(=O)n12. The summed E-state index contributed by atoms with van der Waals surface area (Å²) in [6, 6.07) is 27.7. The van der Waals surface area contributed by atoms with E-state index in [4.69, 9.17) is 20.3 Å². The maximum atomic E-state index is 14.0. The van der Waals surface area contributed by atoms with Gasteiger partial charge < -0.3 is 9.47 Å². The molecule has 0 fully saturated rings. The van der Waals surface area contributed by atoms with Gasteiger partial charge in [-0.1, -0.05) is 36.4 Å². The molecule has 0 radical (unpaired) electrons. The number of nitrogens with zero attached hydrogens (tertiary/aromatic N) is 4. The summed E-state index contributed by atoms with van der Waals surface area (Å²) in [4.78, 5) is 64.7. The van der Waals surface area contributed by atoms with Crippen molar-refractivity contribution in [3.63, 3.8) is 0 Å². The minimum absolute atomic E-state index is 0.0397. The number of ether oxygens (including phenoxy) is 2. The van der Waals surface area contributed by atoms with Crippen LogP contribution in [0.2, 0.25) is 0 Å². The molecule has 0 saturated carbocycles. The van der Waals surface area contributed by atoms with Gasteiger partial charge in [-0.2, -0.15) is 0 Å². The van der Waals surface area contributed by atoms with Gasteiger partial charge in [0, 0.05) is 21.5 Å². The molecule has 4 aromatic heterocycles. The summed E-state index contributed by atoms with van der Waals surface area (Å²) in [7, 11) is 0. The molecule has 12 nitrogen and oxygen atoms in total. The van der Waals surface area contributed by atoms with Gasteiger partial charge >= 0.3 is 0 Å². The van der Waals surface area contributed by atoms with Gasteiger partial charge in [-0.05, 0) is 60.7 Å². The van der Waals surface area contributed by atoms with Crippen LogP contribution in [0.3, 0.4) is 0 Å². The Morgan fingerprint density at radius 2 is 0.875 bits per heavy atom. The summed E-state index contributed by atoms with van der Waals surface area (Å²) in [6.45, 7) is 0. The minimum Gasteiger partial charge on any atom is -0.457 e. The summed E-state index contributed by atoms with van der Waals surface area (Å²) in [5, 5.41) is 17.7. The van der Waals surface area contributed by atoms with Crippen LogP contribution in [0.4, 0.5) is 0 Å². The van der Waals surface area contributed by atoms with Crippen LogP contribution in [0.15, 0.2) is 116 Å². The molecule has 0 bridgehead atoms. The van der Waals surface area contributed by atoms with E-state index in [1.54, 1.807) is 60.7 Å². The van der Waals surface area contributed by atoms with Crippen molar-refractivity contribution in [2.24, 2.45) is 0 Å². The molecule has 0 saturated heterocycles. The van der Waals surface area contributed by atoms with Gasteiger partial charge in [-0.15, -0.1) is 0 Å². The zero-order chi connectivity index (χ0) is 32.8. The zero-order valence-corrected chi connectivity index (χ0v) is 24.5. The number of para-hydroxylation sites is 2. The van der Waals surface area contributed by atoms with Crippen molar-refractivity contribution in [1.29, 1.82) is 10.8 Å². The molecule has 0 amide bonds. The largest absolute Gasteiger partial charge is 0.457 e. The lowest BCUT2D eigenvalue weighted by Gasteiger charge is -2.05. The Bertz CT molecular complexity index is 2970. The van der Waals surface area contributed by atoms with Crippen LogP contribution in [0.1, 0.15) is 0 Å². The number of nitrogens with one attached hydrogen (secondary N) is 2. The van der Waals surface area contributed by atoms with Gasteiger partial charge in [0.25, 0.3) is 11.1 Å². The van der Waals surface area contributed by atoms with E-state index in [2.05, 4.69) is 9.97 Å². The molecule has 228 valence electrons. The van der Waals surface area contributed by atoms with Crippen molar-refractivity contribution in [3.05, 3.63) is 149 Å². The molecule has 48 heavy (non-hydrogen) atoms. The Morgan fingerprint density at radius 1 is 0.479 bits per heavy atom. The second-order valence-corrected chi connectivity index (χ2v) is 11.2. The predicted molar refractivity (Wildman–Crippen MR) is 177 cm³/mol. The van der Waals surface area contributed by atoms with E-state index in [9.17, 15) is 19.2 Å². The van der Waals surface area contributed by atoms with E-state index in [1.807, 2.05) is 36.4 Å². The quantitative estimate of drug-likeness (QED) is 0.276. The number of aromatic nitrogens is 4. The molecular formula is C36H18N6O6. The molecule has 0 aliphatic heterocycles. The van der Waals surface area contributed by atoms with Crippen molar-refractivity contribution in [1.82, 2.24) is 18.8 Å². The lowest BCUT2D eigenvalue weighted by Crippen LogP contribution is -2.34. The van der Waals surface area contributed by atoms with Gasteiger partial charge in [-0.25, -0.2) is 18.8 Å². The number of fused-ring (bicyclic) bond motifs is 8. The fraction of sp³-hybridized carbons (Fsp3) is 0. The van der Waals surface area contributed by atoms with Crippen molar-refractivity contribution in [3.8, 4) is 23.0 Å². The summed E-state index contributed by atoms with van der Waals surface area (Å²) in [6.07, 6.45) is 0. The van der Waals surface area contributed by atoms with Crippen LogP contribution in [0.25, 0.3) is 54.6 Å². The van der Waals surface area contributed by atoms with Crippen molar-refractivity contribution < 1.29 is 9.47 Å². The Hall–Kier alpha value is -7.08. The second kappa shape index (κ2) is 9.71. The van der Waals surface area contributed by atoms with Crippen LogP contribution < -0.4 is 42.4 Å². The fourth-order valence-corrected chi connectivity index (χ4v) is 6.24. The molecule has 0 atom stereocenters. The number of rotatable bonds is 4. The van der Waals surface area contributed by atoms with Crippen LogP contribution in [0, 0.1) is 10.8 Å². The molecule has 0 aliphatic carbocycles.